The van der Waals surface area contributed by atoms with Gasteiger partial charge >= 0.3 is 0 Å². The Bertz CT molecular complexity index is 8660. The van der Waals surface area contributed by atoms with Crippen molar-refractivity contribution in [2.24, 2.45) is 0 Å². The minimum atomic E-state index is -0.840. The normalized spacial score (nSPS) is 14.6. The van der Waals surface area contributed by atoms with Gasteiger partial charge in [-0.25, -0.2) is 0 Å². The van der Waals surface area contributed by atoms with E-state index >= 15 is 0 Å². The molecule has 0 amide bonds. The van der Waals surface area contributed by atoms with E-state index < -0.39 is 114 Å². The number of rotatable bonds is 10. The van der Waals surface area contributed by atoms with Crippen LogP contribution in [0.15, 0.2) is 394 Å². The van der Waals surface area contributed by atoms with Gasteiger partial charge in [0.15, 0.2) is 0 Å². The Kier molecular flexibility index (Phi) is 12.5. The van der Waals surface area contributed by atoms with Gasteiger partial charge in [0.25, 0.3) is 6.71 Å². The molecule has 0 atom stereocenters. The molecular weight excluding hydrogens is 1440 g/mol. The second kappa shape index (κ2) is 27.0. The van der Waals surface area contributed by atoms with E-state index in [1.165, 1.54) is 0 Å². The number of fused-ring (bicyclic) bond motifs is 16. The third-order valence-corrected chi connectivity index (χ3v) is 24.6. The topological polar surface area (TPSA) is 16.3 Å². The van der Waals surface area contributed by atoms with Gasteiger partial charge in [0.05, 0.1) is 55.4 Å². The van der Waals surface area contributed by atoms with E-state index in [-0.39, 0.29) is 43.6 Å². The highest BCUT2D eigenvalue weighted by molar-refractivity contribution is 7.00. The average Bonchev–Trinajstić information content (AvgIpc) is 1.66. The van der Waals surface area contributed by atoms with E-state index in [2.05, 4.69) is 282 Å². The van der Waals surface area contributed by atoms with Crippen LogP contribution in [0.3, 0.4) is 0 Å². The van der Waals surface area contributed by atoms with E-state index in [1.54, 1.807) is 9.13 Å². The number of aromatic nitrogens is 2. The first kappa shape index (κ1) is 55.1. The van der Waals surface area contributed by atoms with Crippen LogP contribution in [0.2, 0.25) is 0 Å². The number of nitrogens with zero attached hydrogens (tertiary/aromatic N) is 4. The zero-order chi connectivity index (χ0) is 93.4. The first-order valence-corrected chi connectivity index (χ1v) is 40.5. The summed E-state index contributed by atoms with van der Waals surface area (Å²) in [6.45, 7) is 12.5. The molecule has 4 heterocycles. The molecule has 562 valence electrons. The van der Waals surface area contributed by atoms with Crippen molar-refractivity contribution in [3.05, 3.63) is 405 Å². The fourth-order valence-electron chi connectivity index (χ4n) is 19.0. The van der Waals surface area contributed by atoms with Gasteiger partial charge in [0.2, 0.25) is 0 Å². The molecule has 0 saturated heterocycles. The average molecular weight is 1540 g/mol. The second-order valence-corrected chi connectivity index (χ2v) is 33.5. The third-order valence-electron chi connectivity index (χ3n) is 24.6. The summed E-state index contributed by atoms with van der Waals surface area (Å²) in [4.78, 5) is 4.79. The first-order valence-electron chi connectivity index (χ1n) is 48.5. The van der Waals surface area contributed by atoms with Crippen molar-refractivity contribution in [2.75, 3.05) is 9.80 Å². The van der Waals surface area contributed by atoms with Gasteiger partial charge in [-0.05, 0) is 211 Å². The van der Waals surface area contributed by atoms with Crippen molar-refractivity contribution in [3.8, 4) is 78.1 Å². The number of para-hydroxylation sites is 5. The summed E-state index contributed by atoms with van der Waals surface area (Å²) in [5.74, 6) is 0. The maximum absolute atomic E-state index is 10.1. The molecule has 119 heavy (non-hydrogen) atoms. The van der Waals surface area contributed by atoms with Gasteiger partial charge in [0, 0.05) is 77.9 Å². The van der Waals surface area contributed by atoms with Crippen LogP contribution < -0.4 is 26.2 Å². The van der Waals surface area contributed by atoms with E-state index in [0.717, 1.165) is 160 Å². The molecule has 0 N–H and O–H groups in total. The monoisotopic (exact) mass is 1530 g/mol. The van der Waals surface area contributed by atoms with Crippen molar-refractivity contribution in [1.82, 2.24) is 9.13 Å². The van der Waals surface area contributed by atoms with E-state index in [0.29, 0.717) is 22.7 Å². The van der Waals surface area contributed by atoms with Gasteiger partial charge in [-0.15, -0.1) is 0 Å². The molecule has 0 spiro atoms. The lowest BCUT2D eigenvalue weighted by atomic mass is 9.33. The molecule has 19 aromatic carbocycles. The number of benzene rings is 19. The summed E-state index contributed by atoms with van der Waals surface area (Å²) in [5, 5.41) is 7.76. The third kappa shape index (κ3) is 11.1. The van der Waals surface area contributed by atoms with Crippen LogP contribution >= 0.6 is 0 Å². The van der Waals surface area contributed by atoms with Crippen LogP contribution in [0, 0.1) is 0 Å². The van der Waals surface area contributed by atoms with Gasteiger partial charge in [-0.2, -0.15) is 0 Å². The Balaban J connectivity index is 0.948. The molecule has 2 aromatic heterocycles. The molecule has 0 aliphatic carbocycles. The van der Waals surface area contributed by atoms with Gasteiger partial charge in [-0.3, -0.25) is 0 Å². The quantitative estimate of drug-likeness (QED) is 0.100. The molecule has 0 bridgehead atoms. The molecule has 4 nitrogen and oxygen atoms in total. The Morgan fingerprint density at radius 1 is 0.252 bits per heavy atom. The Labute approximate surface area is 716 Å². The van der Waals surface area contributed by atoms with Crippen molar-refractivity contribution in [1.29, 1.82) is 0 Å². The van der Waals surface area contributed by atoms with Gasteiger partial charge < -0.3 is 18.9 Å². The molecule has 0 unspecified atom stereocenters. The first-order chi connectivity index (χ1) is 65.0. The number of hydrogen-bond donors (Lipinski definition) is 0. The minimum Gasteiger partial charge on any atom is -0.310 e. The van der Waals surface area contributed by atoms with Crippen molar-refractivity contribution in [2.45, 2.75) is 52.4 Å². The molecule has 23 rings (SSSR count). The molecule has 2 aliphatic rings. The lowest BCUT2D eigenvalue weighted by Gasteiger charge is -2.46. The van der Waals surface area contributed by atoms with Crippen molar-refractivity contribution in [3.63, 3.8) is 0 Å². The molecule has 0 saturated carbocycles. The van der Waals surface area contributed by atoms with Crippen molar-refractivity contribution >= 4 is 144 Å². The summed E-state index contributed by atoms with van der Waals surface area (Å²) < 4.78 is 158. The summed E-state index contributed by atoms with van der Waals surface area (Å²) in [5.41, 5.74) is 18.2. The highest BCUT2D eigenvalue weighted by atomic mass is 15.2. The van der Waals surface area contributed by atoms with E-state index in [4.69, 9.17) is 0 Å². The van der Waals surface area contributed by atoms with Gasteiger partial charge in [-0.1, -0.05) is 351 Å². The van der Waals surface area contributed by atoms with Gasteiger partial charge in [0.1, 0.15) is 0 Å². The predicted octanol–water partition coefficient (Wildman–Crippen LogP) is 29.2. The van der Waals surface area contributed by atoms with Crippen LogP contribution in [-0.4, -0.2) is 15.8 Å². The lowest BCUT2D eigenvalue weighted by Crippen LogP contribution is -2.61. The van der Waals surface area contributed by atoms with Crippen LogP contribution in [0.5, 0.6) is 0 Å². The highest BCUT2D eigenvalue weighted by Crippen LogP contribution is 2.57. The predicted molar refractivity (Wildman–Crippen MR) is 509 cm³/mol. The summed E-state index contributed by atoms with van der Waals surface area (Å²) >= 11 is 0. The zero-order valence-electron chi connectivity index (χ0n) is 82.2. The fourth-order valence-corrected chi connectivity index (χ4v) is 19.0. The Morgan fingerprint density at radius 2 is 0.605 bits per heavy atom. The van der Waals surface area contributed by atoms with Crippen LogP contribution in [0.25, 0.3) is 165 Å². The summed E-state index contributed by atoms with van der Waals surface area (Å²) in [6, 6.07) is 95.8. The fraction of sp³-hybridized carbons (Fsp3) is 0.0702. The smallest absolute Gasteiger partial charge is 0.252 e. The maximum Gasteiger partial charge on any atom is 0.252 e. The molecular formula is C114H83BN4. The molecule has 5 heteroatoms. The molecule has 0 radical (unpaired) electrons. The number of hydrogen-bond acceptors (Lipinski definition) is 2. The SMILES string of the molecule is [2H]c1c([2H])c([2H])c2c(c1[2H])c1c([2H])c([2H])c([2H])c([2H])c1n2-c1ccc2c(c1)N(c1c(-c3cccc(-c4ccccc4)c3)cccc1-c1cccc3ccc4ccccc4c13)c1cc(C(C)(C)C)cc3c1B2c1ccc(-n2c4c([2H])c([2H])c([2H])c([2H])c4c4c([2H])c([2H])c([2H])c([2H])c42)cc1N3c1c(-c2cccc(-c3ccccc3)c2)cc(C(C)(C)C)cc1-c1cccc2ccc3ccccc3c12. The molecule has 21 aromatic rings. The highest BCUT2D eigenvalue weighted by Gasteiger charge is 2.47. The number of anilines is 6. The van der Waals surface area contributed by atoms with E-state index in [9.17, 15) is 21.9 Å². The van der Waals surface area contributed by atoms with Crippen LogP contribution in [0.4, 0.5) is 34.1 Å². The minimum absolute atomic E-state index is 0.0618. The Hall–Kier alpha value is -14.5. The standard InChI is InChI=1S/C114H83BN4/c1-113(2,3)82-66-96(81-41-26-39-79(65-81)73-32-11-8-12-33-73)112(97(67-82)94-50-28-37-77-59-57-75-35-14-16-43-87(75)109(77)94)119-105-71-85(117-102-54-23-19-46-91(102)92-47-20-24-55-103(92)117)61-63-99(105)115-98-62-60-84(116-100-52-21-17-44-89(100)90-45-18-22-53-101(90)116)70-104(98)118(106-68-83(114(4,5)6)69-107(119)110(106)115)111-88(80-40-25-38-78(64-80)72-30-9-7-10-31-72)48-29-51-95(111)93-49-27-36-76-58-56-74-34-13-15-42-86(74)108(76)93/h7-71H,1-6H3/i17D,18D,19D,20D,21D,22D,23D,24D,44D,45D,46D,47D,52D,53D,54D,55D. The molecule has 2 aliphatic heterocycles. The Morgan fingerprint density at radius 3 is 1.08 bits per heavy atom. The summed E-state index contributed by atoms with van der Waals surface area (Å²) in [7, 11) is 0. The van der Waals surface area contributed by atoms with Crippen LogP contribution in [-0.2, 0) is 10.8 Å². The summed E-state index contributed by atoms with van der Waals surface area (Å²) in [6.07, 6.45) is 0. The van der Waals surface area contributed by atoms with Crippen LogP contribution in [0.1, 0.15) is 74.6 Å². The lowest BCUT2D eigenvalue weighted by molar-refractivity contribution is 0.590. The van der Waals surface area contributed by atoms with E-state index in [1.807, 2.05) is 66.7 Å². The van der Waals surface area contributed by atoms with Crippen molar-refractivity contribution < 1.29 is 21.9 Å². The second-order valence-electron chi connectivity index (χ2n) is 33.5. The zero-order valence-corrected chi connectivity index (χ0v) is 66.2. The molecule has 0 fully saturated rings. The largest absolute Gasteiger partial charge is 0.310 e. The maximum atomic E-state index is 10.1.